The molecule has 0 fully saturated rings. The molecule has 2 heterocycles. The lowest BCUT2D eigenvalue weighted by atomic mass is 9.97. The van der Waals surface area contributed by atoms with Crippen molar-refractivity contribution in [3.63, 3.8) is 0 Å². The summed E-state index contributed by atoms with van der Waals surface area (Å²) in [5.41, 5.74) is 14.1. The molecule has 12 rings (SSSR count). The Morgan fingerprint density at radius 1 is 0.361 bits per heavy atom. The summed E-state index contributed by atoms with van der Waals surface area (Å²) in [4.78, 5) is 2.47. The molecule has 0 spiro atoms. The molecule has 0 radical (unpaired) electrons. The highest BCUT2D eigenvalue weighted by atomic mass is 32.1. The van der Waals surface area contributed by atoms with Crippen LogP contribution in [0.3, 0.4) is 0 Å². The van der Waals surface area contributed by atoms with Crippen LogP contribution in [0.25, 0.3) is 91.8 Å². The number of para-hydroxylation sites is 2. The topological polar surface area (TPSA) is 8.17 Å². The molecule has 3 heteroatoms. The lowest BCUT2D eigenvalue weighted by Gasteiger charge is -2.28. The molecule has 0 N–H and O–H groups in total. The van der Waals surface area contributed by atoms with Crippen LogP contribution >= 0.6 is 11.3 Å². The van der Waals surface area contributed by atoms with Crippen LogP contribution in [0, 0.1) is 0 Å². The Labute approximate surface area is 358 Å². The SMILES string of the molecule is c1ccc(-c2cccc(N(c3cccc(-c4cccc5ccccc45)c3)c3ccc(-c4cccc(-n5c6ccccc6c6ccccc65)c4)c4sc5ccccc5c34)c2)cc1. The summed E-state index contributed by atoms with van der Waals surface area (Å²) in [6.45, 7) is 0. The zero-order valence-electron chi connectivity index (χ0n) is 33.2. The highest BCUT2D eigenvalue weighted by molar-refractivity contribution is 7.26. The van der Waals surface area contributed by atoms with E-state index in [2.05, 4.69) is 240 Å². The maximum absolute atomic E-state index is 2.47. The van der Waals surface area contributed by atoms with Crippen LogP contribution < -0.4 is 4.90 Å². The second kappa shape index (κ2) is 14.5. The van der Waals surface area contributed by atoms with E-state index >= 15 is 0 Å². The van der Waals surface area contributed by atoms with Gasteiger partial charge in [-0.1, -0.05) is 170 Å². The predicted molar refractivity (Wildman–Crippen MR) is 262 cm³/mol. The van der Waals surface area contributed by atoms with Gasteiger partial charge in [-0.3, -0.25) is 0 Å². The van der Waals surface area contributed by atoms with Gasteiger partial charge in [0.15, 0.2) is 0 Å². The van der Waals surface area contributed by atoms with E-state index in [4.69, 9.17) is 0 Å². The van der Waals surface area contributed by atoms with Gasteiger partial charge in [0.2, 0.25) is 0 Å². The summed E-state index contributed by atoms with van der Waals surface area (Å²) in [7, 11) is 0. The molecule has 61 heavy (non-hydrogen) atoms. The number of aromatic nitrogens is 1. The van der Waals surface area contributed by atoms with Crippen molar-refractivity contribution in [3.8, 4) is 39.1 Å². The zero-order chi connectivity index (χ0) is 40.3. The maximum atomic E-state index is 2.47. The fraction of sp³-hybridized carbons (Fsp3) is 0. The van der Waals surface area contributed by atoms with Crippen LogP contribution in [-0.4, -0.2) is 4.57 Å². The first-order valence-corrected chi connectivity index (χ1v) is 21.7. The second-order valence-corrected chi connectivity index (χ2v) is 16.7. The van der Waals surface area contributed by atoms with E-state index in [1.165, 1.54) is 86.1 Å². The third kappa shape index (κ3) is 5.93. The molecule has 10 aromatic carbocycles. The van der Waals surface area contributed by atoms with Crippen LogP contribution in [0.5, 0.6) is 0 Å². The highest BCUT2D eigenvalue weighted by Crippen LogP contribution is 2.49. The number of benzene rings is 10. The molecular formula is C58H38N2S. The van der Waals surface area contributed by atoms with Gasteiger partial charge < -0.3 is 9.47 Å². The van der Waals surface area contributed by atoms with E-state index in [9.17, 15) is 0 Å². The minimum Gasteiger partial charge on any atom is -0.310 e. The molecule has 0 bridgehead atoms. The quantitative estimate of drug-likeness (QED) is 0.156. The number of fused-ring (bicyclic) bond motifs is 7. The number of hydrogen-bond donors (Lipinski definition) is 0. The van der Waals surface area contributed by atoms with Gasteiger partial charge in [0.1, 0.15) is 0 Å². The molecule has 2 aromatic heterocycles. The van der Waals surface area contributed by atoms with Gasteiger partial charge >= 0.3 is 0 Å². The van der Waals surface area contributed by atoms with Gasteiger partial charge in [-0.05, 0) is 105 Å². The molecule has 0 atom stereocenters. The highest BCUT2D eigenvalue weighted by Gasteiger charge is 2.22. The second-order valence-electron chi connectivity index (χ2n) is 15.7. The number of nitrogens with zero attached hydrogens (tertiary/aromatic N) is 2. The Bertz CT molecular complexity index is 3550. The van der Waals surface area contributed by atoms with Crippen molar-refractivity contribution in [2.45, 2.75) is 0 Å². The zero-order valence-corrected chi connectivity index (χ0v) is 34.1. The van der Waals surface area contributed by atoms with Crippen molar-refractivity contribution >= 4 is 81.1 Å². The number of rotatable bonds is 7. The summed E-state index contributed by atoms with van der Waals surface area (Å²) >= 11 is 1.88. The Balaban J connectivity index is 1.09. The lowest BCUT2D eigenvalue weighted by molar-refractivity contribution is 1.18. The Morgan fingerprint density at radius 3 is 1.69 bits per heavy atom. The van der Waals surface area contributed by atoms with E-state index < -0.39 is 0 Å². The van der Waals surface area contributed by atoms with Crippen molar-refractivity contribution in [2.24, 2.45) is 0 Å². The van der Waals surface area contributed by atoms with Crippen molar-refractivity contribution in [1.82, 2.24) is 4.57 Å². The largest absolute Gasteiger partial charge is 0.310 e. The maximum Gasteiger partial charge on any atom is 0.0555 e. The lowest BCUT2D eigenvalue weighted by Crippen LogP contribution is -2.10. The molecule has 0 aliphatic carbocycles. The van der Waals surface area contributed by atoms with Gasteiger partial charge in [0.05, 0.1) is 16.7 Å². The number of thiophene rings is 1. The van der Waals surface area contributed by atoms with Crippen LogP contribution in [0.2, 0.25) is 0 Å². The van der Waals surface area contributed by atoms with Crippen LogP contribution in [0.4, 0.5) is 17.1 Å². The van der Waals surface area contributed by atoms with Crippen molar-refractivity contribution in [1.29, 1.82) is 0 Å². The normalized spacial score (nSPS) is 11.6. The summed E-state index contributed by atoms with van der Waals surface area (Å²) in [5, 5.41) is 7.52. The van der Waals surface area contributed by atoms with Gasteiger partial charge in [-0.25, -0.2) is 0 Å². The predicted octanol–water partition coefficient (Wildman–Crippen LogP) is 16.8. The van der Waals surface area contributed by atoms with Crippen molar-refractivity contribution < 1.29 is 0 Å². The molecule has 0 amide bonds. The van der Waals surface area contributed by atoms with Gasteiger partial charge in [-0.15, -0.1) is 11.3 Å². The average Bonchev–Trinajstić information content (AvgIpc) is 3.89. The van der Waals surface area contributed by atoms with E-state index in [0.29, 0.717) is 0 Å². The monoisotopic (exact) mass is 794 g/mol. The summed E-state index contributed by atoms with van der Waals surface area (Å²) in [6.07, 6.45) is 0. The van der Waals surface area contributed by atoms with Gasteiger partial charge in [0.25, 0.3) is 0 Å². The third-order valence-electron chi connectivity index (χ3n) is 12.2. The van der Waals surface area contributed by atoms with Crippen LogP contribution in [-0.2, 0) is 0 Å². The van der Waals surface area contributed by atoms with Gasteiger partial charge in [0, 0.05) is 48.0 Å². The van der Waals surface area contributed by atoms with Crippen molar-refractivity contribution in [3.05, 3.63) is 231 Å². The first-order chi connectivity index (χ1) is 30.3. The minimum absolute atomic E-state index is 1.10. The standard InChI is InChI=1S/C58H38N2S/c1-2-16-39(17-3-1)41-20-12-23-44(36-41)59(45-24-13-21-42(37-45)48-30-15-19-40-18-4-5-26-47(40)48)55-35-34-49(58-57(55)52-29-8-11-33-56(52)61-58)43-22-14-25-46(38-43)60-53-31-9-6-27-50(53)51-28-7-10-32-54(51)60/h1-38H. The Morgan fingerprint density at radius 2 is 0.918 bits per heavy atom. The first-order valence-electron chi connectivity index (χ1n) is 20.8. The van der Waals surface area contributed by atoms with E-state index in [1.807, 2.05) is 11.3 Å². The van der Waals surface area contributed by atoms with Crippen LogP contribution in [0.15, 0.2) is 231 Å². The molecule has 0 saturated heterocycles. The van der Waals surface area contributed by atoms with Crippen LogP contribution in [0.1, 0.15) is 0 Å². The van der Waals surface area contributed by atoms with E-state index in [0.717, 1.165) is 22.7 Å². The minimum atomic E-state index is 1.10. The third-order valence-corrected chi connectivity index (χ3v) is 13.4. The fourth-order valence-electron chi connectivity index (χ4n) is 9.41. The smallest absolute Gasteiger partial charge is 0.0555 e. The molecule has 2 nitrogen and oxygen atoms in total. The molecular weight excluding hydrogens is 757 g/mol. The fourth-order valence-corrected chi connectivity index (χ4v) is 10.7. The molecule has 0 aliphatic rings. The summed E-state index contributed by atoms with van der Waals surface area (Å²) in [5.74, 6) is 0. The summed E-state index contributed by atoms with van der Waals surface area (Å²) in [6, 6.07) is 84.2. The molecule has 286 valence electrons. The molecule has 0 saturated carbocycles. The molecule has 12 aromatic rings. The van der Waals surface area contributed by atoms with E-state index in [-0.39, 0.29) is 0 Å². The molecule has 0 unspecified atom stereocenters. The van der Waals surface area contributed by atoms with Gasteiger partial charge in [-0.2, -0.15) is 0 Å². The average molecular weight is 795 g/mol. The van der Waals surface area contributed by atoms with E-state index in [1.54, 1.807) is 0 Å². The Hall–Kier alpha value is -7.72. The van der Waals surface area contributed by atoms with Crippen molar-refractivity contribution in [2.75, 3.05) is 4.90 Å². The number of hydrogen-bond acceptors (Lipinski definition) is 2. The number of anilines is 3. The first kappa shape index (κ1) is 35.2. The Kier molecular flexibility index (Phi) is 8.39. The summed E-state index contributed by atoms with van der Waals surface area (Å²) < 4.78 is 4.95. The molecule has 0 aliphatic heterocycles.